The highest BCUT2D eigenvalue weighted by molar-refractivity contribution is 5.79. The van der Waals surface area contributed by atoms with E-state index in [1.807, 2.05) is 7.05 Å². The highest BCUT2D eigenvalue weighted by Crippen LogP contribution is 2.34. The molecule has 0 bridgehead atoms. The van der Waals surface area contributed by atoms with Gasteiger partial charge in [0.15, 0.2) is 5.96 Å². The molecule has 2 aliphatic rings. The fourth-order valence-corrected chi connectivity index (χ4v) is 2.86. The van der Waals surface area contributed by atoms with E-state index >= 15 is 0 Å². The van der Waals surface area contributed by atoms with Gasteiger partial charge in [-0.3, -0.25) is 9.89 Å². The van der Waals surface area contributed by atoms with Crippen LogP contribution in [0.25, 0.3) is 0 Å². The molecule has 2 saturated carbocycles. The summed E-state index contributed by atoms with van der Waals surface area (Å²) in [6, 6.07) is 4.98. The van der Waals surface area contributed by atoms with Crippen molar-refractivity contribution in [2.75, 3.05) is 33.2 Å². The Bertz CT molecular complexity index is 459. The van der Waals surface area contributed by atoms with Crippen molar-refractivity contribution in [2.45, 2.75) is 38.3 Å². The number of nitrogens with zero attached hydrogens (tertiary/aromatic N) is 3. The van der Waals surface area contributed by atoms with Gasteiger partial charge in [-0.15, -0.1) is 0 Å². The van der Waals surface area contributed by atoms with Crippen LogP contribution in [0.4, 0.5) is 0 Å². The molecule has 22 heavy (non-hydrogen) atoms. The first-order valence-corrected chi connectivity index (χ1v) is 8.64. The first-order chi connectivity index (χ1) is 10.8. The predicted octanol–water partition coefficient (Wildman–Crippen LogP) is 1.53. The van der Waals surface area contributed by atoms with Gasteiger partial charge in [0.25, 0.3) is 0 Å². The Morgan fingerprint density at radius 2 is 1.86 bits per heavy atom. The van der Waals surface area contributed by atoms with E-state index in [2.05, 4.69) is 49.6 Å². The predicted molar refractivity (Wildman–Crippen MR) is 91.1 cm³/mol. The summed E-state index contributed by atoms with van der Waals surface area (Å²) in [6.07, 6.45) is 9.86. The molecule has 0 saturated heterocycles. The van der Waals surface area contributed by atoms with E-state index in [4.69, 9.17) is 0 Å². The molecule has 0 aliphatic heterocycles. The maximum atomic E-state index is 4.30. The zero-order chi connectivity index (χ0) is 15.2. The summed E-state index contributed by atoms with van der Waals surface area (Å²) in [5.41, 5.74) is 0. The van der Waals surface area contributed by atoms with Crippen LogP contribution < -0.4 is 10.6 Å². The van der Waals surface area contributed by atoms with E-state index in [1.165, 1.54) is 32.2 Å². The number of rotatable bonds is 9. The Morgan fingerprint density at radius 1 is 1.14 bits per heavy atom. The number of nitrogens with one attached hydrogen (secondary N) is 2. The molecule has 0 unspecified atom stereocenters. The monoisotopic (exact) mass is 303 g/mol. The Morgan fingerprint density at radius 3 is 2.50 bits per heavy atom. The second kappa shape index (κ2) is 7.68. The second-order valence-corrected chi connectivity index (χ2v) is 6.52. The van der Waals surface area contributed by atoms with E-state index < -0.39 is 0 Å². The van der Waals surface area contributed by atoms with Gasteiger partial charge in [-0.2, -0.15) is 0 Å². The molecule has 0 spiro atoms. The van der Waals surface area contributed by atoms with Crippen LogP contribution in [0.3, 0.4) is 0 Å². The highest BCUT2D eigenvalue weighted by atomic mass is 15.2. The number of hydrogen-bond acceptors (Lipinski definition) is 2. The summed E-state index contributed by atoms with van der Waals surface area (Å²) in [5, 5.41) is 6.82. The minimum Gasteiger partial charge on any atom is -0.355 e. The zero-order valence-electron chi connectivity index (χ0n) is 13.7. The fourth-order valence-electron chi connectivity index (χ4n) is 2.86. The molecule has 2 aliphatic carbocycles. The normalized spacial score (nSPS) is 18.7. The van der Waals surface area contributed by atoms with Crippen LogP contribution in [0.15, 0.2) is 29.5 Å². The molecule has 2 N–H and O–H groups in total. The van der Waals surface area contributed by atoms with Gasteiger partial charge in [0, 0.05) is 58.2 Å². The summed E-state index contributed by atoms with van der Waals surface area (Å²) >= 11 is 0. The van der Waals surface area contributed by atoms with Gasteiger partial charge >= 0.3 is 0 Å². The smallest absolute Gasteiger partial charge is 0.191 e. The molecule has 2 fully saturated rings. The van der Waals surface area contributed by atoms with Gasteiger partial charge in [0.1, 0.15) is 0 Å². The maximum Gasteiger partial charge on any atom is 0.191 e. The lowest BCUT2D eigenvalue weighted by Crippen LogP contribution is -2.43. The van der Waals surface area contributed by atoms with E-state index in [9.17, 15) is 0 Å². The molecule has 5 nitrogen and oxygen atoms in total. The molecule has 3 rings (SSSR count). The average Bonchev–Trinajstić information content (AvgIpc) is 3.45. The van der Waals surface area contributed by atoms with Crippen LogP contribution in [0, 0.1) is 5.92 Å². The average molecular weight is 303 g/mol. The number of aliphatic imine (C=N–C) groups is 1. The topological polar surface area (TPSA) is 44.6 Å². The van der Waals surface area contributed by atoms with Crippen LogP contribution in [-0.4, -0.2) is 54.7 Å². The van der Waals surface area contributed by atoms with Crippen molar-refractivity contribution >= 4 is 5.96 Å². The second-order valence-electron chi connectivity index (χ2n) is 6.52. The number of guanidine groups is 1. The highest BCUT2D eigenvalue weighted by Gasteiger charge is 2.33. The summed E-state index contributed by atoms with van der Waals surface area (Å²) in [6.45, 7) is 5.28. The summed E-state index contributed by atoms with van der Waals surface area (Å²) < 4.78 is 2.17. The third-order valence-corrected chi connectivity index (χ3v) is 4.50. The maximum absolute atomic E-state index is 4.30. The molecule has 0 aromatic carbocycles. The molecule has 1 heterocycles. The first kappa shape index (κ1) is 15.4. The molecule has 0 amide bonds. The van der Waals surface area contributed by atoms with Gasteiger partial charge in [-0.25, -0.2) is 0 Å². The standard InChI is InChI=1S/C17H29N5/c1-18-17(19-8-12-21-10-2-3-11-21)20-9-13-22(16-6-7-16)14-15-4-5-15/h2-3,10-11,15-16H,4-9,12-14H2,1H3,(H2,18,19,20). The molecule has 5 heteroatoms. The van der Waals surface area contributed by atoms with Gasteiger partial charge < -0.3 is 15.2 Å². The van der Waals surface area contributed by atoms with E-state index in [0.29, 0.717) is 0 Å². The molecule has 0 atom stereocenters. The summed E-state index contributed by atoms with van der Waals surface area (Å²) in [5.74, 6) is 1.90. The van der Waals surface area contributed by atoms with Gasteiger partial charge in [0.2, 0.25) is 0 Å². The molecule has 1 aromatic heterocycles. The third-order valence-electron chi connectivity index (χ3n) is 4.50. The van der Waals surface area contributed by atoms with Crippen LogP contribution in [0.5, 0.6) is 0 Å². The summed E-state index contributed by atoms with van der Waals surface area (Å²) in [7, 11) is 1.84. The largest absolute Gasteiger partial charge is 0.355 e. The van der Waals surface area contributed by atoms with Gasteiger partial charge in [0.05, 0.1) is 0 Å². The van der Waals surface area contributed by atoms with E-state index in [0.717, 1.165) is 44.1 Å². The lowest BCUT2D eigenvalue weighted by Gasteiger charge is -2.22. The zero-order valence-corrected chi connectivity index (χ0v) is 13.7. The fraction of sp³-hybridized carbons (Fsp3) is 0.706. The van der Waals surface area contributed by atoms with Crippen molar-refractivity contribution in [3.05, 3.63) is 24.5 Å². The lowest BCUT2D eigenvalue weighted by molar-refractivity contribution is 0.256. The Balaban J connectivity index is 1.31. The van der Waals surface area contributed by atoms with Gasteiger partial charge in [-0.05, 0) is 43.7 Å². The van der Waals surface area contributed by atoms with E-state index in [1.54, 1.807) is 0 Å². The molecular formula is C17H29N5. The SMILES string of the molecule is CN=C(NCCN(CC1CC1)C1CC1)NCCn1cccc1. The van der Waals surface area contributed by atoms with Crippen LogP contribution >= 0.6 is 0 Å². The lowest BCUT2D eigenvalue weighted by atomic mass is 10.3. The Kier molecular flexibility index (Phi) is 5.38. The van der Waals surface area contributed by atoms with Crippen molar-refractivity contribution in [3.8, 4) is 0 Å². The van der Waals surface area contributed by atoms with Crippen LogP contribution in [-0.2, 0) is 6.54 Å². The molecule has 0 radical (unpaired) electrons. The van der Waals surface area contributed by atoms with Crippen molar-refractivity contribution in [1.29, 1.82) is 0 Å². The first-order valence-electron chi connectivity index (χ1n) is 8.64. The van der Waals surface area contributed by atoms with E-state index in [-0.39, 0.29) is 0 Å². The Labute approximate surface area is 133 Å². The third kappa shape index (κ3) is 5.05. The molecular weight excluding hydrogens is 274 g/mol. The number of aromatic nitrogens is 1. The Hall–Kier alpha value is -1.49. The molecule has 1 aromatic rings. The molecule has 122 valence electrons. The van der Waals surface area contributed by atoms with Crippen molar-refractivity contribution in [3.63, 3.8) is 0 Å². The summed E-state index contributed by atoms with van der Waals surface area (Å²) in [4.78, 5) is 6.98. The van der Waals surface area contributed by atoms with Crippen LogP contribution in [0.1, 0.15) is 25.7 Å². The number of hydrogen-bond donors (Lipinski definition) is 2. The van der Waals surface area contributed by atoms with Crippen molar-refractivity contribution in [1.82, 2.24) is 20.1 Å². The minimum atomic E-state index is 0.867. The minimum absolute atomic E-state index is 0.867. The van der Waals surface area contributed by atoms with Crippen molar-refractivity contribution in [2.24, 2.45) is 10.9 Å². The van der Waals surface area contributed by atoms with Gasteiger partial charge in [-0.1, -0.05) is 0 Å². The van der Waals surface area contributed by atoms with Crippen molar-refractivity contribution < 1.29 is 0 Å². The quantitative estimate of drug-likeness (QED) is 0.537. The van der Waals surface area contributed by atoms with Crippen LogP contribution in [0.2, 0.25) is 0 Å².